The first-order chi connectivity index (χ1) is 15.3. The Hall–Kier alpha value is -2.87. The Morgan fingerprint density at radius 2 is 1.97 bits per heavy atom. The van der Waals surface area contributed by atoms with E-state index in [2.05, 4.69) is 63.9 Å². The van der Waals surface area contributed by atoms with E-state index < -0.39 is 5.69 Å². The minimum atomic E-state index is -0.447. The molecule has 1 amide bonds. The molecular formula is C24H27BrN4O3. The number of hydrogen-bond donors (Lipinski definition) is 1. The topological polar surface area (TPSA) is 78.4 Å². The average molecular weight is 499 g/mol. The number of rotatable bonds is 5. The third-order valence-electron chi connectivity index (χ3n) is 6.03. The molecule has 7 nitrogen and oxygen atoms in total. The molecular weight excluding hydrogens is 472 g/mol. The van der Waals surface area contributed by atoms with Gasteiger partial charge in [-0.1, -0.05) is 28.1 Å². The smallest absolute Gasteiger partial charge is 0.328 e. The fourth-order valence-corrected chi connectivity index (χ4v) is 4.71. The Morgan fingerprint density at radius 3 is 2.72 bits per heavy atom. The molecule has 0 spiro atoms. The third kappa shape index (κ3) is 4.65. The van der Waals surface area contributed by atoms with E-state index in [1.807, 2.05) is 4.90 Å². The van der Waals surface area contributed by atoms with E-state index in [-0.39, 0.29) is 24.1 Å². The van der Waals surface area contributed by atoms with Gasteiger partial charge in [0.05, 0.1) is 10.9 Å². The molecule has 0 radical (unpaired) electrons. The van der Waals surface area contributed by atoms with E-state index in [1.54, 1.807) is 18.2 Å². The second-order valence-electron chi connectivity index (χ2n) is 8.40. The van der Waals surface area contributed by atoms with E-state index >= 15 is 0 Å². The first kappa shape index (κ1) is 22.3. The molecule has 1 aromatic heterocycles. The summed E-state index contributed by atoms with van der Waals surface area (Å²) in [5, 5.41) is 0.450. The van der Waals surface area contributed by atoms with Crippen LogP contribution in [-0.4, -0.2) is 46.0 Å². The van der Waals surface area contributed by atoms with Crippen LogP contribution in [0, 0.1) is 6.92 Å². The van der Waals surface area contributed by atoms with Crippen LogP contribution in [0.15, 0.2) is 56.5 Å². The lowest BCUT2D eigenvalue weighted by Gasteiger charge is -2.41. The predicted octanol–water partition coefficient (Wildman–Crippen LogP) is 3.28. The largest absolute Gasteiger partial charge is 0.365 e. The maximum Gasteiger partial charge on any atom is 0.328 e. The van der Waals surface area contributed by atoms with Crippen LogP contribution in [0.2, 0.25) is 0 Å². The number of halogens is 1. The van der Waals surface area contributed by atoms with Gasteiger partial charge in [0.2, 0.25) is 5.91 Å². The fraction of sp³-hybridized carbons (Fsp3) is 0.375. The van der Waals surface area contributed by atoms with Crippen LogP contribution in [0.25, 0.3) is 10.9 Å². The number of nitrogens with zero attached hydrogens (tertiary/aromatic N) is 3. The van der Waals surface area contributed by atoms with Crippen LogP contribution in [0.5, 0.6) is 0 Å². The van der Waals surface area contributed by atoms with Crippen molar-refractivity contribution in [2.75, 3.05) is 24.5 Å². The predicted molar refractivity (Wildman–Crippen MR) is 130 cm³/mol. The van der Waals surface area contributed by atoms with Gasteiger partial charge < -0.3 is 14.8 Å². The number of aromatic nitrogens is 2. The summed E-state index contributed by atoms with van der Waals surface area (Å²) in [6, 6.07) is 13.8. The minimum absolute atomic E-state index is 0.0637. The highest BCUT2D eigenvalue weighted by Gasteiger charge is 2.26. The number of H-pyrrole nitrogens is 1. The van der Waals surface area contributed by atoms with E-state index in [0.717, 1.165) is 11.0 Å². The summed E-state index contributed by atoms with van der Waals surface area (Å²) in [6.07, 6.45) is 0.743. The second-order valence-corrected chi connectivity index (χ2v) is 9.32. The molecule has 1 N–H and O–H groups in total. The molecule has 1 aliphatic heterocycles. The number of fused-ring (bicyclic) bond motifs is 1. The third-order valence-corrected chi connectivity index (χ3v) is 6.52. The number of amides is 1. The average Bonchev–Trinajstić information content (AvgIpc) is 2.76. The van der Waals surface area contributed by atoms with Crippen molar-refractivity contribution in [1.29, 1.82) is 0 Å². The van der Waals surface area contributed by atoms with Gasteiger partial charge in [-0.25, -0.2) is 4.79 Å². The summed E-state index contributed by atoms with van der Waals surface area (Å²) in [5.74, 6) is 0.0637. The molecule has 1 aliphatic rings. The molecule has 1 saturated heterocycles. The van der Waals surface area contributed by atoms with Crippen LogP contribution >= 0.6 is 15.9 Å². The van der Waals surface area contributed by atoms with Gasteiger partial charge in [-0.2, -0.15) is 0 Å². The van der Waals surface area contributed by atoms with Crippen molar-refractivity contribution in [1.82, 2.24) is 14.5 Å². The number of aryl methyl sites for hydroxylation is 1. The Balaban J connectivity index is 1.37. The molecule has 0 aliphatic carbocycles. The Bertz CT molecular complexity index is 1270. The highest BCUT2D eigenvalue weighted by molar-refractivity contribution is 9.10. The zero-order valence-electron chi connectivity index (χ0n) is 18.3. The lowest BCUT2D eigenvalue weighted by molar-refractivity contribution is -0.132. The molecule has 1 fully saturated rings. The van der Waals surface area contributed by atoms with Crippen LogP contribution < -0.4 is 16.1 Å². The maximum atomic E-state index is 12.8. The van der Waals surface area contributed by atoms with Gasteiger partial charge in [0.25, 0.3) is 5.56 Å². The number of benzene rings is 2. The Labute approximate surface area is 194 Å². The van der Waals surface area contributed by atoms with Crippen LogP contribution in [0.4, 0.5) is 5.69 Å². The summed E-state index contributed by atoms with van der Waals surface area (Å²) in [6.45, 7) is 6.54. The number of nitrogens with one attached hydrogen (secondary N) is 1. The maximum absolute atomic E-state index is 12.8. The van der Waals surface area contributed by atoms with E-state index in [9.17, 15) is 14.4 Å². The number of carbonyl (C=O) groups is 1. The van der Waals surface area contributed by atoms with E-state index in [0.29, 0.717) is 36.8 Å². The molecule has 168 valence electrons. The fourth-order valence-electron chi connectivity index (χ4n) is 4.35. The molecule has 1 atom stereocenters. The molecule has 0 unspecified atom stereocenters. The number of piperazine rings is 1. The van der Waals surface area contributed by atoms with Crippen molar-refractivity contribution >= 4 is 38.4 Å². The van der Waals surface area contributed by atoms with Crippen LogP contribution in [0.1, 0.15) is 25.3 Å². The standard InChI is InChI=1S/C24H27BrN4O3/c1-16-5-3-6-19(13-16)28-12-11-27(15-17(28)2)22(30)7-4-10-29-23(31)20-14-18(25)8-9-21(20)26-24(29)32/h3,5-6,8-9,13-14,17H,4,7,10-12,15H2,1-2H3,(H,26,32)/t17-/m1/s1. The van der Waals surface area contributed by atoms with E-state index in [1.165, 1.54) is 15.8 Å². The lowest BCUT2D eigenvalue weighted by Crippen LogP contribution is -2.53. The van der Waals surface area contributed by atoms with Crippen LogP contribution in [0.3, 0.4) is 0 Å². The SMILES string of the molecule is Cc1cccc(N2CCN(C(=O)CCCn3c(=O)[nH]c4ccc(Br)cc4c3=O)C[C@H]2C)c1. The van der Waals surface area contributed by atoms with Gasteiger partial charge in [-0.3, -0.25) is 14.2 Å². The number of aromatic amines is 1. The normalized spacial score (nSPS) is 16.5. The number of anilines is 1. The van der Waals surface area contributed by atoms with Crippen molar-refractivity contribution in [3.8, 4) is 0 Å². The summed E-state index contributed by atoms with van der Waals surface area (Å²) in [5.41, 5.74) is 2.14. The minimum Gasteiger partial charge on any atom is -0.365 e. The molecule has 32 heavy (non-hydrogen) atoms. The quantitative estimate of drug-likeness (QED) is 0.585. The molecule has 0 saturated carbocycles. The monoisotopic (exact) mass is 498 g/mol. The summed E-state index contributed by atoms with van der Waals surface area (Å²) < 4.78 is 1.95. The highest BCUT2D eigenvalue weighted by atomic mass is 79.9. The number of hydrogen-bond acceptors (Lipinski definition) is 4. The van der Waals surface area contributed by atoms with Gasteiger partial charge in [0.1, 0.15) is 0 Å². The summed E-state index contributed by atoms with van der Waals surface area (Å²) in [7, 11) is 0. The van der Waals surface area contributed by atoms with Crippen molar-refractivity contribution < 1.29 is 4.79 Å². The molecule has 3 aromatic rings. The zero-order valence-corrected chi connectivity index (χ0v) is 19.9. The van der Waals surface area contributed by atoms with E-state index in [4.69, 9.17) is 0 Å². The number of carbonyl (C=O) groups excluding carboxylic acids is 1. The second kappa shape index (κ2) is 9.32. The van der Waals surface area contributed by atoms with Gasteiger partial charge in [-0.15, -0.1) is 0 Å². The first-order valence-electron chi connectivity index (χ1n) is 10.9. The molecule has 2 aromatic carbocycles. The summed E-state index contributed by atoms with van der Waals surface area (Å²) in [4.78, 5) is 44.8. The zero-order chi connectivity index (χ0) is 22.8. The van der Waals surface area contributed by atoms with Crippen molar-refractivity contribution in [3.05, 3.63) is 73.3 Å². The molecule has 4 rings (SSSR count). The highest BCUT2D eigenvalue weighted by Crippen LogP contribution is 2.22. The van der Waals surface area contributed by atoms with Gasteiger partial charge in [-0.05, 0) is 56.2 Å². The van der Waals surface area contributed by atoms with Gasteiger partial charge >= 0.3 is 5.69 Å². The Morgan fingerprint density at radius 1 is 1.16 bits per heavy atom. The first-order valence-corrected chi connectivity index (χ1v) is 11.7. The van der Waals surface area contributed by atoms with Gasteiger partial charge in [0, 0.05) is 48.8 Å². The molecule has 8 heteroatoms. The van der Waals surface area contributed by atoms with Crippen molar-refractivity contribution in [2.24, 2.45) is 0 Å². The van der Waals surface area contributed by atoms with Crippen molar-refractivity contribution in [3.63, 3.8) is 0 Å². The molecule has 0 bridgehead atoms. The van der Waals surface area contributed by atoms with Crippen LogP contribution in [-0.2, 0) is 11.3 Å². The molecule has 2 heterocycles. The lowest BCUT2D eigenvalue weighted by atomic mass is 10.1. The summed E-state index contributed by atoms with van der Waals surface area (Å²) >= 11 is 3.36. The van der Waals surface area contributed by atoms with Crippen molar-refractivity contribution in [2.45, 2.75) is 39.3 Å². The van der Waals surface area contributed by atoms with Gasteiger partial charge in [0.15, 0.2) is 0 Å². The Kier molecular flexibility index (Phi) is 6.50.